The summed E-state index contributed by atoms with van der Waals surface area (Å²) in [6.07, 6.45) is 0. The average molecular weight is 745 g/mol. The molecule has 0 unspecified atom stereocenters. The molecule has 0 nitrogen and oxygen atoms in total. The second-order valence-electron chi connectivity index (χ2n) is 19.7. The number of rotatable bonds is 2. The van der Waals surface area contributed by atoms with Gasteiger partial charge in [0.1, 0.15) is 0 Å². The molecule has 58 heavy (non-hydrogen) atoms. The van der Waals surface area contributed by atoms with Gasteiger partial charge in [-0.1, -0.05) is 171 Å². The van der Waals surface area contributed by atoms with Gasteiger partial charge in [-0.05, 0) is 152 Å². The maximum atomic E-state index is 2.58. The molecular formula is C58H48. The van der Waals surface area contributed by atoms with E-state index in [4.69, 9.17) is 0 Å². The van der Waals surface area contributed by atoms with E-state index < -0.39 is 0 Å². The molecule has 280 valence electrons. The third kappa shape index (κ3) is 4.16. The summed E-state index contributed by atoms with van der Waals surface area (Å²) in [5.74, 6) is 0. The van der Waals surface area contributed by atoms with Gasteiger partial charge in [-0.2, -0.15) is 0 Å². The first-order valence-corrected chi connectivity index (χ1v) is 21.2. The summed E-state index contributed by atoms with van der Waals surface area (Å²) in [5.41, 5.74) is 27.4. The van der Waals surface area contributed by atoms with Gasteiger partial charge in [0.2, 0.25) is 0 Å². The number of hydrogen-bond donors (Lipinski definition) is 0. The lowest BCUT2D eigenvalue weighted by molar-refractivity contribution is 0.639. The first-order chi connectivity index (χ1) is 27.8. The molecule has 0 heteroatoms. The van der Waals surface area contributed by atoms with Crippen molar-refractivity contribution in [2.45, 2.75) is 77.0 Å². The zero-order valence-corrected chi connectivity index (χ0v) is 34.9. The van der Waals surface area contributed by atoms with Crippen molar-refractivity contribution in [1.82, 2.24) is 0 Å². The van der Waals surface area contributed by atoms with E-state index >= 15 is 0 Å². The predicted octanol–water partition coefficient (Wildman–Crippen LogP) is 15.4. The molecule has 0 bridgehead atoms. The van der Waals surface area contributed by atoms with Gasteiger partial charge in [-0.15, -0.1) is 0 Å². The molecule has 4 aliphatic carbocycles. The van der Waals surface area contributed by atoms with Crippen LogP contribution in [0.25, 0.3) is 77.5 Å². The van der Waals surface area contributed by atoms with Crippen molar-refractivity contribution < 1.29 is 0 Å². The summed E-state index contributed by atoms with van der Waals surface area (Å²) in [6, 6.07) is 56.4. The summed E-state index contributed by atoms with van der Waals surface area (Å²) in [6.45, 7) is 19.2. The molecule has 0 heterocycles. The summed E-state index contributed by atoms with van der Waals surface area (Å²) < 4.78 is 0. The van der Waals surface area contributed by atoms with Crippen molar-refractivity contribution in [1.29, 1.82) is 0 Å². The van der Waals surface area contributed by atoms with Crippen LogP contribution in [0.3, 0.4) is 0 Å². The Labute approximate surface area is 343 Å². The van der Waals surface area contributed by atoms with Gasteiger partial charge in [0, 0.05) is 21.7 Å². The number of hydrogen-bond acceptors (Lipinski definition) is 0. The van der Waals surface area contributed by atoms with Crippen molar-refractivity contribution in [3.8, 4) is 66.8 Å². The second kappa shape index (κ2) is 10.9. The molecule has 0 radical (unpaired) electrons. The highest BCUT2D eigenvalue weighted by Crippen LogP contribution is 2.59. The summed E-state index contributed by atoms with van der Waals surface area (Å²) in [4.78, 5) is 0. The van der Waals surface area contributed by atoms with Crippen LogP contribution in [0.4, 0.5) is 0 Å². The number of benzene rings is 8. The fourth-order valence-electron chi connectivity index (χ4n) is 12.0. The lowest BCUT2D eigenvalue weighted by Crippen LogP contribution is -2.19. The Kier molecular flexibility index (Phi) is 6.43. The van der Waals surface area contributed by atoms with Crippen molar-refractivity contribution in [3.63, 3.8) is 0 Å². The topological polar surface area (TPSA) is 0 Å². The van der Waals surface area contributed by atoms with Crippen LogP contribution in [-0.4, -0.2) is 0 Å². The standard InChI is InChI=1S/C58H48/c1-55(2)46-19-13-11-16-37(46)42-27-33(22-25-48(42)55)34-21-24-39-44-30-45-52(32-51(44)57(5,6)50(39)29-34)58(7,8)53-31-41(36-15-9-10-18-40(36)54(45)53)35-23-26-49-43(28-35)38-17-12-14-20-47(38)56(49,3)4/h9-32H,1-8H3. The lowest BCUT2D eigenvalue weighted by atomic mass is 9.77. The molecule has 0 aliphatic heterocycles. The Morgan fingerprint density at radius 3 is 1.34 bits per heavy atom. The van der Waals surface area contributed by atoms with E-state index in [0.717, 1.165) is 0 Å². The minimum absolute atomic E-state index is 0.00558. The van der Waals surface area contributed by atoms with Gasteiger partial charge in [-0.25, -0.2) is 0 Å². The molecule has 0 spiro atoms. The SMILES string of the molecule is CC1(C)c2ccccc2-c2cc(-c3ccc4c(c3)C(C)(C)c3cc5c(cc3-4)-c3c(cc(-c4ccc6c(c4)-c4ccccc4C6(C)C)c4ccccc34)C5(C)C)ccc21. The zero-order valence-electron chi connectivity index (χ0n) is 34.9. The number of fused-ring (bicyclic) bond motifs is 14. The highest BCUT2D eigenvalue weighted by molar-refractivity contribution is 6.10. The van der Waals surface area contributed by atoms with Crippen LogP contribution in [-0.2, 0) is 21.7 Å². The van der Waals surface area contributed by atoms with Gasteiger partial charge in [0.05, 0.1) is 0 Å². The van der Waals surface area contributed by atoms with Crippen molar-refractivity contribution in [3.05, 3.63) is 190 Å². The van der Waals surface area contributed by atoms with E-state index in [-0.39, 0.29) is 21.7 Å². The van der Waals surface area contributed by atoms with Crippen LogP contribution >= 0.6 is 0 Å². The first kappa shape index (κ1) is 34.1. The van der Waals surface area contributed by atoms with Crippen LogP contribution in [0.1, 0.15) is 99.9 Å². The Bertz CT molecular complexity index is 3160. The zero-order chi connectivity index (χ0) is 39.7. The molecule has 0 fully saturated rings. The van der Waals surface area contributed by atoms with Gasteiger partial charge in [0.25, 0.3) is 0 Å². The quantitative estimate of drug-likeness (QED) is 0.165. The highest BCUT2D eigenvalue weighted by atomic mass is 14.5. The van der Waals surface area contributed by atoms with E-state index in [1.165, 1.54) is 122 Å². The second-order valence-corrected chi connectivity index (χ2v) is 19.7. The van der Waals surface area contributed by atoms with Crippen LogP contribution < -0.4 is 0 Å². The van der Waals surface area contributed by atoms with E-state index in [0.29, 0.717) is 0 Å². The van der Waals surface area contributed by atoms with Gasteiger partial charge in [0.15, 0.2) is 0 Å². The molecule has 0 atom stereocenters. The van der Waals surface area contributed by atoms with E-state index in [1.54, 1.807) is 0 Å². The minimum atomic E-state index is -0.158. The van der Waals surface area contributed by atoms with E-state index in [1.807, 2.05) is 0 Å². The lowest BCUT2D eigenvalue weighted by Gasteiger charge is -2.26. The molecule has 8 aromatic carbocycles. The average Bonchev–Trinajstić information content (AvgIpc) is 3.79. The summed E-state index contributed by atoms with van der Waals surface area (Å²) in [5, 5.41) is 2.67. The fraction of sp³-hybridized carbons (Fsp3) is 0.207. The van der Waals surface area contributed by atoms with Gasteiger partial charge < -0.3 is 0 Å². The maximum Gasteiger partial charge on any atom is 0.0159 e. The maximum absolute atomic E-state index is 2.58. The highest BCUT2D eigenvalue weighted by Gasteiger charge is 2.43. The Balaban J connectivity index is 0.998. The first-order valence-electron chi connectivity index (χ1n) is 21.2. The van der Waals surface area contributed by atoms with E-state index in [2.05, 4.69) is 201 Å². The van der Waals surface area contributed by atoms with Crippen LogP contribution in [0.2, 0.25) is 0 Å². The monoisotopic (exact) mass is 744 g/mol. The van der Waals surface area contributed by atoms with Crippen molar-refractivity contribution >= 4 is 10.8 Å². The Hall–Kier alpha value is -5.98. The van der Waals surface area contributed by atoms with Crippen LogP contribution in [0.15, 0.2) is 146 Å². The fourth-order valence-corrected chi connectivity index (χ4v) is 12.0. The Morgan fingerprint density at radius 1 is 0.241 bits per heavy atom. The molecule has 0 N–H and O–H groups in total. The van der Waals surface area contributed by atoms with Gasteiger partial charge in [-0.3, -0.25) is 0 Å². The van der Waals surface area contributed by atoms with Crippen LogP contribution in [0, 0.1) is 0 Å². The minimum Gasteiger partial charge on any atom is -0.0619 e. The summed E-state index contributed by atoms with van der Waals surface area (Å²) >= 11 is 0. The van der Waals surface area contributed by atoms with E-state index in [9.17, 15) is 0 Å². The largest absolute Gasteiger partial charge is 0.0619 e. The third-order valence-electron chi connectivity index (χ3n) is 15.3. The predicted molar refractivity (Wildman–Crippen MR) is 245 cm³/mol. The smallest absolute Gasteiger partial charge is 0.0159 e. The molecule has 8 aromatic rings. The Morgan fingerprint density at radius 2 is 0.672 bits per heavy atom. The van der Waals surface area contributed by atoms with Crippen molar-refractivity contribution in [2.75, 3.05) is 0 Å². The van der Waals surface area contributed by atoms with Crippen LogP contribution in [0.5, 0.6) is 0 Å². The van der Waals surface area contributed by atoms with Gasteiger partial charge >= 0.3 is 0 Å². The van der Waals surface area contributed by atoms with Crippen molar-refractivity contribution in [2.24, 2.45) is 0 Å². The molecule has 0 aromatic heterocycles. The summed E-state index contributed by atoms with van der Waals surface area (Å²) in [7, 11) is 0. The molecule has 0 saturated heterocycles. The molecule has 0 amide bonds. The molecule has 0 saturated carbocycles. The molecule has 4 aliphatic rings. The molecule has 12 rings (SSSR count). The normalized spacial score (nSPS) is 17.2. The third-order valence-corrected chi connectivity index (χ3v) is 15.3. The molecular weight excluding hydrogens is 697 g/mol.